The van der Waals surface area contributed by atoms with E-state index in [0.29, 0.717) is 28.4 Å². The predicted molar refractivity (Wildman–Crippen MR) is 112 cm³/mol. The Morgan fingerprint density at radius 2 is 1.85 bits per heavy atom. The van der Waals surface area contributed by atoms with Crippen molar-refractivity contribution in [3.05, 3.63) is 58.6 Å². The number of sulfonamides is 1. The molecule has 0 bridgehead atoms. The van der Waals surface area contributed by atoms with Gasteiger partial charge in [-0.15, -0.1) is 12.4 Å². The van der Waals surface area contributed by atoms with Crippen LogP contribution in [-0.2, 0) is 10.0 Å². The van der Waals surface area contributed by atoms with Gasteiger partial charge in [-0.05, 0) is 62.8 Å². The Bertz CT molecular complexity index is 889. The van der Waals surface area contributed by atoms with Crippen LogP contribution in [0.4, 0.5) is 5.69 Å². The molecule has 0 radical (unpaired) electrons. The maximum atomic E-state index is 12.7. The van der Waals surface area contributed by atoms with E-state index >= 15 is 0 Å². The zero-order valence-electron chi connectivity index (χ0n) is 15.1. The summed E-state index contributed by atoms with van der Waals surface area (Å²) in [6.07, 6.45) is 0.787. The van der Waals surface area contributed by atoms with E-state index in [4.69, 9.17) is 11.6 Å². The molecule has 0 spiro atoms. The smallest absolute Gasteiger partial charge is 0.262 e. The second-order valence-electron chi connectivity index (χ2n) is 5.81. The van der Waals surface area contributed by atoms with Crippen molar-refractivity contribution in [2.45, 2.75) is 18.2 Å². The first kappa shape index (κ1) is 23.2. The number of aryl methyl sites for hydroxylation is 1. The van der Waals surface area contributed by atoms with Crippen LogP contribution in [0.1, 0.15) is 22.3 Å². The summed E-state index contributed by atoms with van der Waals surface area (Å²) in [7, 11) is -2.01. The van der Waals surface area contributed by atoms with Gasteiger partial charge in [0, 0.05) is 17.1 Å². The van der Waals surface area contributed by atoms with Gasteiger partial charge in [-0.2, -0.15) is 0 Å². The Morgan fingerprint density at radius 1 is 1.11 bits per heavy atom. The van der Waals surface area contributed by atoms with Crippen molar-refractivity contribution in [3.63, 3.8) is 0 Å². The van der Waals surface area contributed by atoms with E-state index in [-0.39, 0.29) is 23.2 Å². The number of hydrogen-bond acceptors (Lipinski definition) is 4. The van der Waals surface area contributed by atoms with Crippen molar-refractivity contribution < 1.29 is 13.2 Å². The van der Waals surface area contributed by atoms with Gasteiger partial charge in [-0.3, -0.25) is 9.52 Å². The third-order valence-electron chi connectivity index (χ3n) is 3.71. The zero-order chi connectivity index (χ0) is 19.2. The second kappa shape index (κ2) is 10.5. The molecular weight excluding hydrogens is 409 g/mol. The fourth-order valence-corrected chi connectivity index (χ4v) is 3.87. The van der Waals surface area contributed by atoms with Crippen LogP contribution in [0, 0.1) is 6.92 Å². The molecule has 0 aromatic heterocycles. The van der Waals surface area contributed by atoms with Crippen LogP contribution in [0.25, 0.3) is 0 Å². The molecular formula is C18H23Cl2N3O3S. The van der Waals surface area contributed by atoms with Gasteiger partial charge in [-0.25, -0.2) is 8.42 Å². The summed E-state index contributed by atoms with van der Waals surface area (Å²) in [5.74, 6) is -0.305. The average Bonchev–Trinajstić information content (AvgIpc) is 2.58. The lowest BCUT2D eigenvalue weighted by atomic mass is 10.1. The Hall–Kier alpha value is -1.80. The number of benzene rings is 2. The molecule has 6 nitrogen and oxygen atoms in total. The van der Waals surface area contributed by atoms with Crippen molar-refractivity contribution in [2.24, 2.45) is 0 Å². The van der Waals surface area contributed by atoms with Gasteiger partial charge in [0.25, 0.3) is 15.9 Å². The molecule has 3 N–H and O–H groups in total. The summed E-state index contributed by atoms with van der Waals surface area (Å²) in [5, 5.41) is 6.20. The minimum atomic E-state index is -3.84. The number of anilines is 1. The van der Waals surface area contributed by atoms with Crippen LogP contribution < -0.4 is 15.4 Å². The van der Waals surface area contributed by atoms with E-state index in [2.05, 4.69) is 15.4 Å². The second-order valence-corrected chi connectivity index (χ2v) is 7.90. The number of hydrogen-bond donors (Lipinski definition) is 3. The average molecular weight is 432 g/mol. The molecule has 0 aliphatic heterocycles. The lowest BCUT2D eigenvalue weighted by Crippen LogP contribution is -2.27. The summed E-state index contributed by atoms with van der Waals surface area (Å²) in [6.45, 7) is 2.98. The highest BCUT2D eigenvalue weighted by atomic mass is 35.5. The molecule has 2 aromatic carbocycles. The highest BCUT2D eigenvalue weighted by molar-refractivity contribution is 7.92. The maximum Gasteiger partial charge on any atom is 0.262 e. The molecule has 1 amide bonds. The third-order valence-corrected chi connectivity index (χ3v) is 5.46. The number of carbonyl (C=O) groups excluding carboxylic acids is 1. The van der Waals surface area contributed by atoms with Crippen molar-refractivity contribution in [3.8, 4) is 0 Å². The van der Waals surface area contributed by atoms with Gasteiger partial charge in [-0.1, -0.05) is 23.7 Å². The van der Waals surface area contributed by atoms with Crippen LogP contribution in [0.5, 0.6) is 0 Å². The molecule has 0 saturated carbocycles. The molecule has 0 saturated heterocycles. The van der Waals surface area contributed by atoms with Crippen molar-refractivity contribution >= 4 is 45.6 Å². The summed E-state index contributed by atoms with van der Waals surface area (Å²) in [4.78, 5) is 12.3. The first-order chi connectivity index (χ1) is 12.3. The Kier molecular flexibility index (Phi) is 9.05. The van der Waals surface area contributed by atoms with Crippen LogP contribution in [0.2, 0.25) is 5.02 Å². The van der Waals surface area contributed by atoms with E-state index in [1.54, 1.807) is 37.3 Å². The predicted octanol–water partition coefficient (Wildman–Crippen LogP) is 3.21. The molecule has 148 valence electrons. The van der Waals surface area contributed by atoms with Crippen LogP contribution in [0.3, 0.4) is 0 Å². The largest absolute Gasteiger partial charge is 0.352 e. The van der Waals surface area contributed by atoms with Crippen molar-refractivity contribution in [1.82, 2.24) is 10.6 Å². The molecule has 2 aromatic rings. The summed E-state index contributed by atoms with van der Waals surface area (Å²) in [5.41, 5.74) is 1.21. The fraction of sp³-hybridized carbons (Fsp3) is 0.278. The molecule has 0 unspecified atom stereocenters. The molecule has 0 atom stereocenters. The summed E-state index contributed by atoms with van der Waals surface area (Å²) >= 11 is 5.90. The lowest BCUT2D eigenvalue weighted by Gasteiger charge is -2.12. The molecule has 0 heterocycles. The quantitative estimate of drug-likeness (QED) is 0.559. The van der Waals surface area contributed by atoms with E-state index in [1.165, 1.54) is 12.1 Å². The van der Waals surface area contributed by atoms with Crippen molar-refractivity contribution in [2.75, 3.05) is 24.9 Å². The number of amides is 1. The Balaban J connectivity index is 0.00000364. The maximum absolute atomic E-state index is 12.7. The number of carbonyl (C=O) groups is 1. The normalized spacial score (nSPS) is 10.8. The third kappa shape index (κ3) is 6.70. The van der Waals surface area contributed by atoms with E-state index in [9.17, 15) is 13.2 Å². The van der Waals surface area contributed by atoms with E-state index < -0.39 is 10.0 Å². The van der Waals surface area contributed by atoms with Gasteiger partial charge >= 0.3 is 0 Å². The van der Waals surface area contributed by atoms with Gasteiger partial charge in [0.1, 0.15) is 0 Å². The number of nitrogens with one attached hydrogen (secondary N) is 3. The summed E-state index contributed by atoms with van der Waals surface area (Å²) < 4.78 is 27.9. The van der Waals surface area contributed by atoms with Crippen LogP contribution in [-0.4, -0.2) is 34.5 Å². The minimum absolute atomic E-state index is 0. The van der Waals surface area contributed by atoms with Crippen LogP contribution >= 0.6 is 24.0 Å². The first-order valence-corrected chi connectivity index (χ1v) is 10.0. The lowest BCUT2D eigenvalue weighted by molar-refractivity contribution is 0.0953. The molecule has 27 heavy (non-hydrogen) atoms. The van der Waals surface area contributed by atoms with Gasteiger partial charge in [0.05, 0.1) is 10.6 Å². The molecule has 0 aliphatic rings. The van der Waals surface area contributed by atoms with Gasteiger partial charge < -0.3 is 10.6 Å². The topological polar surface area (TPSA) is 87.3 Å². The first-order valence-electron chi connectivity index (χ1n) is 8.15. The van der Waals surface area contributed by atoms with Crippen LogP contribution in [0.15, 0.2) is 47.4 Å². The highest BCUT2D eigenvalue weighted by Crippen LogP contribution is 2.22. The molecule has 2 rings (SSSR count). The number of rotatable bonds is 8. The van der Waals surface area contributed by atoms with E-state index in [1.807, 2.05) is 7.05 Å². The highest BCUT2D eigenvalue weighted by Gasteiger charge is 2.19. The van der Waals surface area contributed by atoms with Gasteiger partial charge in [0.2, 0.25) is 0 Å². The van der Waals surface area contributed by atoms with E-state index in [0.717, 1.165) is 13.0 Å². The molecule has 9 heteroatoms. The monoisotopic (exact) mass is 431 g/mol. The molecule has 0 fully saturated rings. The number of halogens is 2. The summed E-state index contributed by atoms with van der Waals surface area (Å²) in [6, 6.07) is 11.1. The zero-order valence-corrected chi connectivity index (χ0v) is 17.5. The van der Waals surface area contributed by atoms with Crippen molar-refractivity contribution in [1.29, 1.82) is 0 Å². The fourth-order valence-electron chi connectivity index (χ4n) is 2.36. The Labute approximate surface area is 171 Å². The molecule has 0 aliphatic carbocycles. The standard InChI is InChI=1S/C18H22ClN3O3S.ClH/c1-13-7-8-14(18(23)21-10-4-9-20-2)11-17(13)26(24,25)22-16-6-3-5-15(19)12-16;/h3,5-8,11-12,20,22H,4,9-10H2,1-2H3,(H,21,23);1H. The minimum Gasteiger partial charge on any atom is -0.352 e. The SMILES string of the molecule is CNCCCNC(=O)c1ccc(C)c(S(=O)(=O)Nc2cccc(Cl)c2)c1.Cl. The van der Waals surface area contributed by atoms with Gasteiger partial charge in [0.15, 0.2) is 0 Å². The Morgan fingerprint density at radius 3 is 2.52 bits per heavy atom.